The highest BCUT2D eigenvalue weighted by Crippen LogP contribution is 2.34. The quantitative estimate of drug-likeness (QED) is 0.272. The Hall–Kier alpha value is -4.52. The van der Waals surface area contributed by atoms with E-state index in [0.717, 1.165) is 0 Å². The van der Waals surface area contributed by atoms with Gasteiger partial charge in [0.1, 0.15) is 18.1 Å². The second-order valence-electron chi connectivity index (χ2n) is 12.0. The van der Waals surface area contributed by atoms with Crippen LogP contribution in [0.1, 0.15) is 33.3 Å². The summed E-state index contributed by atoms with van der Waals surface area (Å²) >= 11 is 0. The lowest BCUT2D eigenvalue weighted by molar-refractivity contribution is -0.143. The lowest BCUT2D eigenvalue weighted by Gasteiger charge is -2.40. The number of alkyl halides is 2. The summed E-state index contributed by atoms with van der Waals surface area (Å²) in [5.41, 5.74) is 1.76. The maximum atomic E-state index is 13.2. The van der Waals surface area contributed by atoms with E-state index < -0.39 is 12.2 Å². The summed E-state index contributed by atoms with van der Waals surface area (Å²) in [6.07, 6.45) is 3.39. The minimum absolute atomic E-state index is 0.0382. The van der Waals surface area contributed by atoms with Crippen LogP contribution in [-0.2, 0) is 23.1 Å². The number of hydrogen-bond donors (Lipinski definition) is 0. The smallest absolute Gasteiger partial charge is 0.387 e. The molecule has 5 rings (SSSR count). The Morgan fingerprint density at radius 3 is 2.44 bits per heavy atom. The van der Waals surface area contributed by atoms with Crippen LogP contribution in [0.2, 0.25) is 0 Å². The Balaban J connectivity index is 1.40. The number of aromatic nitrogens is 4. The third kappa shape index (κ3) is 6.93. The maximum absolute atomic E-state index is 13.2. The van der Waals surface area contributed by atoms with Crippen LogP contribution in [0.25, 0.3) is 22.0 Å². The SMILES string of the molecule is COc1cc2c(=O)n(C)n(Cc3ccccc3OC(F)F)c2cc1-c1cnc(N2CCN(C(=O)COC(C)(C)C)[C@H](C)C2)nc1. The number of nitrogens with zero attached hydrogens (tertiary/aromatic N) is 6. The molecule has 13 heteroatoms. The van der Waals surface area contributed by atoms with Crippen LogP contribution >= 0.6 is 0 Å². The molecule has 2 aromatic heterocycles. The Morgan fingerprint density at radius 1 is 1.09 bits per heavy atom. The van der Waals surface area contributed by atoms with Crippen LogP contribution in [0.3, 0.4) is 0 Å². The average molecular weight is 625 g/mol. The van der Waals surface area contributed by atoms with E-state index in [-0.39, 0.29) is 36.4 Å². The standard InChI is InChI=1S/C32H38F2N6O5/c1-20-17-38(11-12-39(20)28(41)19-44-32(2,3)4)31-35-15-22(16-36-31)23-13-25-24(14-27(23)43-6)29(42)37(5)40(25)18-21-9-7-8-10-26(21)45-30(33)34/h7-10,13-16,20,30H,11-12,17-19H2,1-6H3/t20-/m1/s1. The first-order valence-corrected chi connectivity index (χ1v) is 14.7. The average Bonchev–Trinajstić information content (AvgIpc) is 3.23. The minimum atomic E-state index is -2.97. The van der Waals surface area contributed by atoms with Gasteiger partial charge in [-0.15, -0.1) is 0 Å². The number of halogens is 2. The minimum Gasteiger partial charge on any atom is -0.496 e. The molecule has 0 saturated carbocycles. The molecule has 1 atom stereocenters. The molecule has 11 nitrogen and oxygen atoms in total. The van der Waals surface area contributed by atoms with Gasteiger partial charge in [-0.3, -0.25) is 19.0 Å². The zero-order chi connectivity index (χ0) is 32.5. The maximum Gasteiger partial charge on any atom is 0.387 e. The highest BCUT2D eigenvalue weighted by Gasteiger charge is 2.29. The number of anilines is 1. The van der Waals surface area contributed by atoms with Gasteiger partial charge >= 0.3 is 6.61 Å². The van der Waals surface area contributed by atoms with Gasteiger partial charge in [0.15, 0.2) is 0 Å². The molecule has 1 saturated heterocycles. The van der Waals surface area contributed by atoms with Gasteiger partial charge in [-0.1, -0.05) is 18.2 Å². The van der Waals surface area contributed by atoms with Gasteiger partial charge in [-0.25, -0.2) is 9.97 Å². The topological polar surface area (TPSA) is 104 Å². The van der Waals surface area contributed by atoms with Crippen molar-refractivity contribution >= 4 is 22.8 Å². The highest BCUT2D eigenvalue weighted by atomic mass is 19.3. The number of piperazine rings is 1. The summed E-state index contributed by atoms with van der Waals surface area (Å²) in [7, 11) is 3.14. The van der Waals surface area contributed by atoms with Gasteiger partial charge in [0.2, 0.25) is 11.9 Å². The van der Waals surface area contributed by atoms with Gasteiger partial charge in [0.05, 0.1) is 30.2 Å². The fourth-order valence-corrected chi connectivity index (χ4v) is 5.49. The molecule has 1 aliphatic heterocycles. The van der Waals surface area contributed by atoms with Crippen molar-refractivity contribution in [1.82, 2.24) is 24.2 Å². The van der Waals surface area contributed by atoms with E-state index in [9.17, 15) is 18.4 Å². The number of para-hydroxylation sites is 1. The van der Waals surface area contributed by atoms with Gasteiger partial charge < -0.3 is 24.0 Å². The van der Waals surface area contributed by atoms with Crippen molar-refractivity contribution in [2.45, 2.75) is 52.5 Å². The van der Waals surface area contributed by atoms with Crippen molar-refractivity contribution in [1.29, 1.82) is 0 Å². The monoisotopic (exact) mass is 624 g/mol. The highest BCUT2D eigenvalue weighted by molar-refractivity contribution is 5.88. The molecule has 0 radical (unpaired) electrons. The van der Waals surface area contributed by atoms with E-state index in [0.29, 0.717) is 58.9 Å². The Morgan fingerprint density at radius 2 is 1.80 bits per heavy atom. The molecule has 0 unspecified atom stereocenters. The summed E-state index contributed by atoms with van der Waals surface area (Å²) in [6, 6.07) is 9.93. The van der Waals surface area contributed by atoms with Crippen LogP contribution in [0.15, 0.2) is 53.6 Å². The van der Waals surface area contributed by atoms with Crippen LogP contribution in [0.5, 0.6) is 11.5 Å². The molecular weight excluding hydrogens is 586 g/mol. The number of carbonyl (C=O) groups excluding carboxylic acids is 1. The predicted octanol–water partition coefficient (Wildman–Crippen LogP) is 4.31. The summed E-state index contributed by atoms with van der Waals surface area (Å²) in [5.74, 6) is 1.00. The first-order valence-electron chi connectivity index (χ1n) is 14.7. The Bertz CT molecular complexity index is 1730. The van der Waals surface area contributed by atoms with Crippen molar-refractivity contribution in [3.05, 3.63) is 64.7 Å². The lowest BCUT2D eigenvalue weighted by Crippen LogP contribution is -2.55. The molecular formula is C32H38F2N6O5. The fourth-order valence-electron chi connectivity index (χ4n) is 5.49. The van der Waals surface area contributed by atoms with Crippen molar-refractivity contribution in [2.24, 2.45) is 7.05 Å². The summed E-state index contributed by atoms with van der Waals surface area (Å²) in [4.78, 5) is 39.0. The molecule has 45 heavy (non-hydrogen) atoms. The van der Waals surface area contributed by atoms with Gasteiger partial charge in [-0.05, 0) is 45.9 Å². The number of hydrogen-bond acceptors (Lipinski definition) is 8. The van der Waals surface area contributed by atoms with E-state index in [1.807, 2.05) is 43.6 Å². The van der Waals surface area contributed by atoms with Gasteiger partial charge in [0.25, 0.3) is 5.56 Å². The summed E-state index contributed by atoms with van der Waals surface area (Å²) < 4.78 is 45.3. The van der Waals surface area contributed by atoms with Crippen LogP contribution < -0.4 is 19.9 Å². The molecule has 3 heterocycles. The zero-order valence-corrected chi connectivity index (χ0v) is 26.3. The Kier molecular flexibility index (Phi) is 9.10. The van der Waals surface area contributed by atoms with Crippen molar-refractivity contribution < 1.29 is 27.8 Å². The molecule has 0 bridgehead atoms. The molecule has 0 aliphatic carbocycles. The zero-order valence-electron chi connectivity index (χ0n) is 26.3. The fraction of sp³-hybridized carbons (Fsp3) is 0.438. The molecule has 4 aromatic rings. The largest absolute Gasteiger partial charge is 0.496 e. The molecule has 1 aliphatic rings. The van der Waals surface area contributed by atoms with E-state index in [2.05, 4.69) is 9.97 Å². The van der Waals surface area contributed by atoms with E-state index >= 15 is 0 Å². The van der Waals surface area contributed by atoms with Crippen molar-refractivity contribution in [3.63, 3.8) is 0 Å². The molecule has 2 aromatic carbocycles. The number of fused-ring (bicyclic) bond motifs is 1. The first kappa shape index (κ1) is 31.9. The number of benzene rings is 2. The van der Waals surface area contributed by atoms with E-state index in [4.69, 9.17) is 14.2 Å². The number of ether oxygens (including phenoxy) is 3. The van der Waals surface area contributed by atoms with Crippen LogP contribution in [-0.4, -0.2) is 81.7 Å². The van der Waals surface area contributed by atoms with Gasteiger partial charge in [0, 0.05) is 61.8 Å². The van der Waals surface area contributed by atoms with Crippen molar-refractivity contribution in [3.8, 4) is 22.6 Å². The van der Waals surface area contributed by atoms with Crippen molar-refractivity contribution in [2.75, 3.05) is 38.3 Å². The first-order chi connectivity index (χ1) is 21.4. The second kappa shape index (κ2) is 12.8. The number of carbonyl (C=O) groups is 1. The lowest BCUT2D eigenvalue weighted by atomic mass is 10.1. The molecule has 1 fully saturated rings. The molecule has 0 N–H and O–H groups in total. The molecule has 240 valence electrons. The number of methoxy groups -OCH3 is 1. The van der Waals surface area contributed by atoms with Crippen LogP contribution in [0.4, 0.5) is 14.7 Å². The molecule has 1 amide bonds. The summed E-state index contributed by atoms with van der Waals surface area (Å²) in [5, 5.41) is 0.414. The number of amides is 1. The van der Waals surface area contributed by atoms with E-state index in [1.54, 1.807) is 48.4 Å². The Labute approximate surface area is 259 Å². The predicted molar refractivity (Wildman–Crippen MR) is 166 cm³/mol. The normalized spacial score (nSPS) is 15.6. The van der Waals surface area contributed by atoms with Crippen LogP contribution in [0, 0.1) is 0 Å². The summed E-state index contributed by atoms with van der Waals surface area (Å²) in [6.45, 7) is 6.61. The second-order valence-corrected chi connectivity index (χ2v) is 12.0. The number of rotatable bonds is 9. The third-order valence-electron chi connectivity index (χ3n) is 7.80. The van der Waals surface area contributed by atoms with Gasteiger partial charge in [-0.2, -0.15) is 8.78 Å². The molecule has 0 spiro atoms. The third-order valence-corrected chi connectivity index (χ3v) is 7.80. The van der Waals surface area contributed by atoms with E-state index in [1.165, 1.54) is 17.9 Å².